The molecule has 4 heteroatoms. The Labute approximate surface area is 121 Å². The first-order valence-corrected chi connectivity index (χ1v) is 7.13. The highest BCUT2D eigenvalue weighted by molar-refractivity contribution is 5.83. The molecule has 0 aliphatic rings. The number of benzene rings is 1. The maximum absolute atomic E-state index is 12.2. The van der Waals surface area contributed by atoms with Crippen molar-refractivity contribution in [2.24, 2.45) is 5.73 Å². The van der Waals surface area contributed by atoms with E-state index in [0.29, 0.717) is 19.6 Å². The predicted molar refractivity (Wildman–Crippen MR) is 79.5 cm³/mol. The van der Waals surface area contributed by atoms with Crippen molar-refractivity contribution < 1.29 is 14.3 Å². The number of carbonyl (C=O) groups excluding carboxylic acids is 1. The van der Waals surface area contributed by atoms with Crippen LogP contribution in [-0.4, -0.2) is 32.8 Å². The van der Waals surface area contributed by atoms with Crippen LogP contribution in [0, 0.1) is 0 Å². The maximum atomic E-state index is 12.2. The van der Waals surface area contributed by atoms with E-state index in [-0.39, 0.29) is 12.5 Å². The molecule has 2 N–H and O–H groups in total. The summed E-state index contributed by atoms with van der Waals surface area (Å²) in [6.45, 7) is 3.54. The Balaban J connectivity index is 2.82. The van der Waals surface area contributed by atoms with Gasteiger partial charge in [0.1, 0.15) is 5.41 Å². The Morgan fingerprint density at radius 1 is 1.25 bits per heavy atom. The minimum atomic E-state index is -0.817. The van der Waals surface area contributed by atoms with Crippen LogP contribution in [0.2, 0.25) is 0 Å². The van der Waals surface area contributed by atoms with Crippen molar-refractivity contribution in [2.75, 3.05) is 26.9 Å². The molecule has 112 valence electrons. The fourth-order valence-corrected chi connectivity index (χ4v) is 2.21. The molecule has 0 aliphatic heterocycles. The second kappa shape index (κ2) is 8.72. The molecule has 0 amide bonds. The first kappa shape index (κ1) is 16.7. The molecule has 1 unspecified atom stereocenters. The van der Waals surface area contributed by atoms with Gasteiger partial charge < -0.3 is 15.2 Å². The number of unbranched alkanes of at least 4 members (excludes halogenated alkanes) is 1. The van der Waals surface area contributed by atoms with Gasteiger partial charge in [0, 0.05) is 19.8 Å². The van der Waals surface area contributed by atoms with Crippen molar-refractivity contribution in [3.05, 3.63) is 35.9 Å². The molecule has 0 heterocycles. The molecule has 1 rings (SSSR count). The third kappa shape index (κ3) is 4.05. The Bertz CT molecular complexity index is 394. The number of hydrogen-bond acceptors (Lipinski definition) is 4. The average Bonchev–Trinajstić information content (AvgIpc) is 2.51. The minimum Gasteiger partial charge on any atom is -0.468 e. The number of esters is 1. The first-order chi connectivity index (χ1) is 9.71. The number of nitrogens with two attached hydrogens (primary N) is 1. The van der Waals surface area contributed by atoms with E-state index >= 15 is 0 Å². The van der Waals surface area contributed by atoms with Gasteiger partial charge in [-0.05, 0) is 18.4 Å². The van der Waals surface area contributed by atoms with E-state index in [1.807, 2.05) is 30.3 Å². The van der Waals surface area contributed by atoms with Crippen molar-refractivity contribution in [2.45, 2.75) is 31.6 Å². The number of carbonyl (C=O) groups is 1. The lowest BCUT2D eigenvalue weighted by atomic mass is 9.78. The molecular formula is C16H25NO3. The van der Waals surface area contributed by atoms with Gasteiger partial charge in [-0.1, -0.05) is 43.7 Å². The van der Waals surface area contributed by atoms with Crippen molar-refractivity contribution >= 4 is 5.97 Å². The maximum Gasteiger partial charge on any atom is 0.317 e. The molecule has 4 nitrogen and oxygen atoms in total. The van der Waals surface area contributed by atoms with Crippen LogP contribution in [0.4, 0.5) is 0 Å². The normalized spacial score (nSPS) is 13.8. The lowest BCUT2D eigenvalue weighted by Crippen LogP contribution is -2.44. The van der Waals surface area contributed by atoms with Crippen molar-refractivity contribution in [1.82, 2.24) is 0 Å². The van der Waals surface area contributed by atoms with Crippen LogP contribution in [0.3, 0.4) is 0 Å². The first-order valence-electron chi connectivity index (χ1n) is 7.13. The SMILES string of the molecule is CCCCOCCC(CN)(C(=O)OC)c1ccccc1. The summed E-state index contributed by atoms with van der Waals surface area (Å²) in [5.41, 5.74) is 5.97. The largest absolute Gasteiger partial charge is 0.468 e. The predicted octanol–water partition coefficient (Wildman–Crippen LogP) is 2.26. The van der Waals surface area contributed by atoms with Gasteiger partial charge in [0.2, 0.25) is 0 Å². The third-order valence-corrected chi connectivity index (χ3v) is 3.57. The van der Waals surface area contributed by atoms with Crippen LogP contribution in [0.1, 0.15) is 31.7 Å². The van der Waals surface area contributed by atoms with Crippen LogP contribution in [0.5, 0.6) is 0 Å². The quantitative estimate of drug-likeness (QED) is 0.556. The van der Waals surface area contributed by atoms with Gasteiger partial charge in [0.05, 0.1) is 7.11 Å². The lowest BCUT2D eigenvalue weighted by Gasteiger charge is -2.30. The molecule has 1 aromatic carbocycles. The molecule has 0 aliphatic carbocycles. The highest BCUT2D eigenvalue weighted by atomic mass is 16.5. The summed E-state index contributed by atoms with van der Waals surface area (Å²) in [6, 6.07) is 9.55. The molecule has 0 saturated carbocycles. The van der Waals surface area contributed by atoms with Gasteiger partial charge in [-0.3, -0.25) is 4.79 Å². The highest BCUT2D eigenvalue weighted by Crippen LogP contribution is 2.28. The zero-order chi connectivity index (χ0) is 14.8. The summed E-state index contributed by atoms with van der Waals surface area (Å²) < 4.78 is 10.5. The van der Waals surface area contributed by atoms with Gasteiger partial charge >= 0.3 is 5.97 Å². The standard InChI is InChI=1S/C16H25NO3/c1-3-4-11-20-12-10-16(13-17,15(18)19-2)14-8-6-5-7-9-14/h5-9H,3-4,10-13,17H2,1-2H3. The summed E-state index contributed by atoms with van der Waals surface area (Å²) in [5, 5.41) is 0. The molecule has 20 heavy (non-hydrogen) atoms. The Kier molecular flexibility index (Phi) is 7.26. The summed E-state index contributed by atoms with van der Waals surface area (Å²) >= 11 is 0. The average molecular weight is 279 g/mol. The second-order valence-electron chi connectivity index (χ2n) is 4.86. The molecule has 0 fully saturated rings. The zero-order valence-electron chi connectivity index (χ0n) is 12.4. The highest BCUT2D eigenvalue weighted by Gasteiger charge is 2.39. The number of methoxy groups -OCH3 is 1. The van der Waals surface area contributed by atoms with Crippen molar-refractivity contribution in [1.29, 1.82) is 0 Å². The van der Waals surface area contributed by atoms with Gasteiger partial charge in [0.25, 0.3) is 0 Å². The molecule has 0 spiro atoms. The Morgan fingerprint density at radius 2 is 1.95 bits per heavy atom. The summed E-state index contributed by atoms with van der Waals surface area (Å²) in [5.74, 6) is -0.301. The molecular weight excluding hydrogens is 254 g/mol. The molecule has 1 aromatic rings. The molecule has 0 saturated heterocycles. The summed E-state index contributed by atoms with van der Waals surface area (Å²) in [6.07, 6.45) is 2.65. The van der Waals surface area contributed by atoms with Gasteiger partial charge in [-0.2, -0.15) is 0 Å². The topological polar surface area (TPSA) is 61.5 Å². The second-order valence-corrected chi connectivity index (χ2v) is 4.86. The number of rotatable bonds is 9. The Hall–Kier alpha value is -1.39. The van der Waals surface area contributed by atoms with E-state index in [9.17, 15) is 4.79 Å². The smallest absolute Gasteiger partial charge is 0.317 e. The molecule has 0 aromatic heterocycles. The monoisotopic (exact) mass is 279 g/mol. The van der Waals surface area contributed by atoms with Crippen LogP contribution >= 0.6 is 0 Å². The zero-order valence-corrected chi connectivity index (χ0v) is 12.4. The third-order valence-electron chi connectivity index (χ3n) is 3.57. The van der Waals surface area contributed by atoms with Gasteiger partial charge in [-0.25, -0.2) is 0 Å². The molecule has 1 atom stereocenters. The van der Waals surface area contributed by atoms with Crippen LogP contribution < -0.4 is 5.73 Å². The number of ether oxygens (including phenoxy) is 2. The fourth-order valence-electron chi connectivity index (χ4n) is 2.21. The van der Waals surface area contributed by atoms with E-state index < -0.39 is 5.41 Å². The van der Waals surface area contributed by atoms with Crippen LogP contribution in [0.15, 0.2) is 30.3 Å². The number of hydrogen-bond donors (Lipinski definition) is 1. The Morgan fingerprint density at radius 3 is 2.50 bits per heavy atom. The van der Waals surface area contributed by atoms with Crippen molar-refractivity contribution in [3.63, 3.8) is 0 Å². The van der Waals surface area contributed by atoms with Crippen molar-refractivity contribution in [3.8, 4) is 0 Å². The van der Waals surface area contributed by atoms with Gasteiger partial charge in [0.15, 0.2) is 0 Å². The van der Waals surface area contributed by atoms with Crippen LogP contribution in [-0.2, 0) is 19.7 Å². The van der Waals surface area contributed by atoms with E-state index in [4.69, 9.17) is 15.2 Å². The van der Waals surface area contributed by atoms with E-state index in [2.05, 4.69) is 6.92 Å². The summed E-state index contributed by atoms with van der Waals surface area (Å²) in [7, 11) is 1.40. The molecule has 0 radical (unpaired) electrons. The van der Waals surface area contributed by atoms with E-state index in [1.54, 1.807) is 0 Å². The van der Waals surface area contributed by atoms with Crippen LogP contribution in [0.25, 0.3) is 0 Å². The minimum absolute atomic E-state index is 0.209. The fraction of sp³-hybridized carbons (Fsp3) is 0.562. The van der Waals surface area contributed by atoms with Gasteiger partial charge in [-0.15, -0.1) is 0 Å². The summed E-state index contributed by atoms with van der Waals surface area (Å²) in [4.78, 5) is 12.2. The van der Waals surface area contributed by atoms with E-state index in [1.165, 1.54) is 7.11 Å². The van der Waals surface area contributed by atoms with E-state index in [0.717, 1.165) is 18.4 Å². The lowest BCUT2D eigenvalue weighted by molar-refractivity contribution is -0.148. The molecule has 0 bridgehead atoms.